The van der Waals surface area contributed by atoms with Gasteiger partial charge in [-0.05, 0) is 25.0 Å². The molecule has 3 rings (SSSR count). The zero-order valence-corrected chi connectivity index (χ0v) is 16.3. The number of hydrogen-bond acceptors (Lipinski definition) is 5. The zero-order valence-electron chi connectivity index (χ0n) is 14.7. The number of aromatic amines is 1. The minimum atomic E-state index is -0.512. The van der Waals surface area contributed by atoms with E-state index in [9.17, 15) is 14.9 Å². The van der Waals surface area contributed by atoms with Gasteiger partial charge in [0.1, 0.15) is 11.6 Å². The Morgan fingerprint density at radius 3 is 2.52 bits per heavy atom. The van der Waals surface area contributed by atoms with E-state index in [4.69, 9.17) is 11.6 Å². The number of nitriles is 1. The van der Waals surface area contributed by atoms with Crippen molar-refractivity contribution in [2.75, 3.05) is 18.8 Å². The molecule has 1 aromatic carbocycles. The Morgan fingerprint density at radius 1 is 1.22 bits per heavy atom. The Balaban J connectivity index is 1.80. The molecule has 8 heteroatoms. The lowest BCUT2D eigenvalue weighted by molar-refractivity contribution is -0.128. The van der Waals surface area contributed by atoms with Gasteiger partial charge in [0, 0.05) is 23.7 Å². The second-order valence-electron chi connectivity index (χ2n) is 6.30. The summed E-state index contributed by atoms with van der Waals surface area (Å²) >= 11 is 7.09. The number of halogens is 1. The van der Waals surface area contributed by atoms with Crippen LogP contribution in [0.4, 0.5) is 0 Å². The van der Waals surface area contributed by atoms with Crippen LogP contribution >= 0.6 is 23.4 Å². The predicted octanol–water partition coefficient (Wildman–Crippen LogP) is 3.46. The molecule has 0 atom stereocenters. The van der Waals surface area contributed by atoms with E-state index in [0.29, 0.717) is 21.4 Å². The number of amides is 1. The van der Waals surface area contributed by atoms with Gasteiger partial charge >= 0.3 is 0 Å². The van der Waals surface area contributed by atoms with E-state index in [0.717, 1.165) is 38.8 Å². The van der Waals surface area contributed by atoms with Crippen molar-refractivity contribution in [1.82, 2.24) is 14.9 Å². The minimum absolute atomic E-state index is 0.0435. The van der Waals surface area contributed by atoms with Crippen LogP contribution in [0.25, 0.3) is 11.3 Å². The van der Waals surface area contributed by atoms with Crippen LogP contribution in [-0.4, -0.2) is 39.6 Å². The first-order chi connectivity index (χ1) is 13.1. The predicted molar refractivity (Wildman–Crippen MR) is 106 cm³/mol. The number of aromatic nitrogens is 2. The maximum Gasteiger partial charge on any atom is 0.270 e. The van der Waals surface area contributed by atoms with Crippen molar-refractivity contribution in [2.24, 2.45) is 0 Å². The third kappa shape index (κ3) is 4.90. The van der Waals surface area contributed by atoms with E-state index in [-0.39, 0.29) is 17.2 Å². The number of carbonyl (C=O) groups is 1. The third-order valence-electron chi connectivity index (χ3n) is 4.42. The number of benzene rings is 1. The smallest absolute Gasteiger partial charge is 0.270 e. The summed E-state index contributed by atoms with van der Waals surface area (Å²) in [6.45, 7) is 1.57. The summed E-state index contributed by atoms with van der Waals surface area (Å²) in [5.41, 5.74) is 0.355. The second-order valence-corrected chi connectivity index (χ2v) is 7.70. The lowest BCUT2D eigenvalue weighted by atomic mass is 10.1. The molecule has 6 nitrogen and oxygen atoms in total. The Hall–Kier alpha value is -2.30. The third-order valence-corrected chi connectivity index (χ3v) is 5.53. The van der Waals surface area contributed by atoms with Gasteiger partial charge in [-0.1, -0.05) is 48.3 Å². The highest BCUT2D eigenvalue weighted by molar-refractivity contribution is 7.99. The fourth-order valence-corrected chi connectivity index (χ4v) is 3.87. The molecule has 1 aliphatic rings. The fourth-order valence-electron chi connectivity index (χ4n) is 2.98. The summed E-state index contributed by atoms with van der Waals surface area (Å²) in [5, 5.41) is 10.2. The normalized spacial score (nSPS) is 14.4. The van der Waals surface area contributed by atoms with Gasteiger partial charge in [0.2, 0.25) is 5.91 Å². The number of H-pyrrole nitrogens is 1. The maximum atomic E-state index is 12.4. The number of nitrogens with zero attached hydrogens (tertiary/aromatic N) is 3. The molecule has 1 fully saturated rings. The monoisotopic (exact) mass is 402 g/mol. The molecule has 1 N–H and O–H groups in total. The Labute approximate surface area is 166 Å². The summed E-state index contributed by atoms with van der Waals surface area (Å²) in [6, 6.07) is 8.68. The summed E-state index contributed by atoms with van der Waals surface area (Å²) in [7, 11) is 0. The van der Waals surface area contributed by atoms with E-state index in [1.807, 2.05) is 11.0 Å². The highest BCUT2D eigenvalue weighted by atomic mass is 35.5. The highest BCUT2D eigenvalue weighted by Crippen LogP contribution is 2.24. The lowest BCUT2D eigenvalue weighted by Crippen LogP contribution is -2.33. The van der Waals surface area contributed by atoms with Crippen molar-refractivity contribution < 1.29 is 4.79 Å². The van der Waals surface area contributed by atoms with Gasteiger partial charge < -0.3 is 9.88 Å². The zero-order chi connectivity index (χ0) is 19.2. The molecule has 0 aliphatic carbocycles. The van der Waals surface area contributed by atoms with Crippen LogP contribution in [0.2, 0.25) is 5.02 Å². The van der Waals surface area contributed by atoms with E-state index in [1.165, 1.54) is 11.8 Å². The van der Waals surface area contributed by atoms with E-state index < -0.39 is 5.56 Å². The van der Waals surface area contributed by atoms with Crippen LogP contribution in [0, 0.1) is 11.3 Å². The highest BCUT2D eigenvalue weighted by Gasteiger charge is 2.18. The molecule has 1 amide bonds. The number of carbonyl (C=O) groups excluding carboxylic acids is 1. The van der Waals surface area contributed by atoms with Gasteiger partial charge in [-0.15, -0.1) is 0 Å². The molecule has 2 heterocycles. The molecule has 140 valence electrons. The van der Waals surface area contributed by atoms with Crippen molar-refractivity contribution in [1.29, 1.82) is 5.26 Å². The van der Waals surface area contributed by atoms with Gasteiger partial charge in [0.25, 0.3) is 5.56 Å². The quantitative estimate of drug-likeness (QED) is 0.624. The number of rotatable bonds is 4. The molecule has 1 saturated heterocycles. The van der Waals surface area contributed by atoms with Gasteiger partial charge in [-0.25, -0.2) is 4.98 Å². The molecule has 0 spiro atoms. The first-order valence-corrected chi connectivity index (χ1v) is 10.2. The van der Waals surface area contributed by atoms with E-state index in [1.54, 1.807) is 24.3 Å². The van der Waals surface area contributed by atoms with Crippen molar-refractivity contribution in [3.05, 3.63) is 45.2 Å². The average Bonchev–Trinajstić information content (AvgIpc) is 2.96. The SMILES string of the molecule is N#Cc1c(-c2ccc(Cl)cc2)nc(SCC(=O)N2CCCCCC2)[nH]c1=O. The largest absolute Gasteiger partial charge is 0.342 e. The molecule has 2 aromatic rings. The molecule has 0 radical (unpaired) electrons. The second kappa shape index (κ2) is 9.07. The molecule has 0 saturated carbocycles. The standard InChI is InChI=1S/C19H19ClN4O2S/c20-14-7-5-13(6-8-14)17-15(11-21)18(26)23-19(22-17)27-12-16(25)24-9-3-1-2-4-10-24/h5-8H,1-4,9-10,12H2,(H,22,23,26). The topological polar surface area (TPSA) is 89.8 Å². The number of likely N-dealkylation sites (tertiary alicyclic amines) is 1. The Bertz CT molecular complexity index is 913. The molecule has 0 bridgehead atoms. The number of thioether (sulfide) groups is 1. The van der Waals surface area contributed by atoms with E-state index >= 15 is 0 Å². The van der Waals surface area contributed by atoms with Gasteiger partial charge in [0.15, 0.2) is 5.16 Å². The average molecular weight is 403 g/mol. The van der Waals surface area contributed by atoms with Crippen LogP contribution in [0.15, 0.2) is 34.2 Å². The van der Waals surface area contributed by atoms with Crippen molar-refractivity contribution in [3.8, 4) is 17.3 Å². The molecule has 0 unspecified atom stereocenters. The maximum absolute atomic E-state index is 12.4. The van der Waals surface area contributed by atoms with Crippen LogP contribution in [-0.2, 0) is 4.79 Å². The van der Waals surface area contributed by atoms with Gasteiger partial charge in [0.05, 0.1) is 11.4 Å². The first kappa shape index (κ1) is 19.5. The number of hydrogen-bond donors (Lipinski definition) is 1. The van der Waals surface area contributed by atoms with Crippen molar-refractivity contribution in [3.63, 3.8) is 0 Å². The molecular weight excluding hydrogens is 384 g/mol. The van der Waals surface area contributed by atoms with E-state index in [2.05, 4.69) is 9.97 Å². The fraction of sp³-hybridized carbons (Fsp3) is 0.368. The van der Waals surface area contributed by atoms with Crippen LogP contribution < -0.4 is 5.56 Å². The molecule has 1 aromatic heterocycles. The molecule has 27 heavy (non-hydrogen) atoms. The van der Waals surface area contributed by atoms with Crippen LogP contribution in [0.3, 0.4) is 0 Å². The summed E-state index contributed by atoms with van der Waals surface area (Å²) in [4.78, 5) is 33.6. The first-order valence-electron chi connectivity index (χ1n) is 8.79. The summed E-state index contributed by atoms with van der Waals surface area (Å²) in [5.74, 6) is 0.247. The van der Waals surface area contributed by atoms with Crippen LogP contribution in [0.5, 0.6) is 0 Å². The minimum Gasteiger partial charge on any atom is -0.342 e. The van der Waals surface area contributed by atoms with Gasteiger partial charge in [-0.2, -0.15) is 5.26 Å². The Kier molecular flexibility index (Phi) is 6.54. The van der Waals surface area contributed by atoms with Crippen molar-refractivity contribution in [2.45, 2.75) is 30.8 Å². The summed E-state index contributed by atoms with van der Waals surface area (Å²) in [6.07, 6.45) is 4.38. The number of nitrogens with one attached hydrogen (secondary N) is 1. The van der Waals surface area contributed by atoms with Gasteiger partial charge in [-0.3, -0.25) is 9.59 Å². The van der Waals surface area contributed by atoms with Crippen molar-refractivity contribution >= 4 is 29.3 Å². The molecule has 1 aliphatic heterocycles. The lowest BCUT2D eigenvalue weighted by Gasteiger charge is -2.19. The Morgan fingerprint density at radius 2 is 1.89 bits per heavy atom. The van der Waals surface area contributed by atoms with Crippen LogP contribution in [0.1, 0.15) is 31.2 Å². The summed E-state index contributed by atoms with van der Waals surface area (Å²) < 4.78 is 0. The molecular formula is C19H19ClN4O2S.